The molecule has 20 heavy (non-hydrogen) atoms. The fraction of sp³-hybridized carbons (Fsp3) is 0.533. The van der Waals surface area contributed by atoms with E-state index in [1.54, 1.807) is 26.0 Å². The number of esters is 1. The number of hydrogen-bond donors (Lipinski definition) is 1. The second-order valence-electron chi connectivity index (χ2n) is 5.13. The molecule has 0 aliphatic carbocycles. The lowest BCUT2D eigenvalue weighted by Gasteiger charge is -2.21. The van der Waals surface area contributed by atoms with E-state index in [-0.39, 0.29) is 5.82 Å². The van der Waals surface area contributed by atoms with Gasteiger partial charge >= 0.3 is 5.97 Å². The van der Waals surface area contributed by atoms with Crippen molar-refractivity contribution in [2.24, 2.45) is 5.73 Å². The molecule has 0 heterocycles. The van der Waals surface area contributed by atoms with Gasteiger partial charge in [0, 0.05) is 6.07 Å². The van der Waals surface area contributed by atoms with E-state index in [4.69, 9.17) is 10.5 Å². The van der Waals surface area contributed by atoms with Crippen LogP contribution in [-0.2, 0) is 9.53 Å². The van der Waals surface area contributed by atoms with E-state index >= 15 is 0 Å². The Morgan fingerprint density at radius 2 is 2.10 bits per heavy atom. The summed E-state index contributed by atoms with van der Waals surface area (Å²) in [5.41, 5.74) is 5.46. The zero-order chi connectivity index (χ0) is 15.2. The molecule has 112 valence electrons. The zero-order valence-electron chi connectivity index (χ0n) is 12.2. The molecule has 0 aliphatic heterocycles. The molecule has 0 saturated carbocycles. The van der Waals surface area contributed by atoms with Gasteiger partial charge in [-0.05, 0) is 44.7 Å². The van der Waals surface area contributed by atoms with Gasteiger partial charge in [-0.3, -0.25) is 4.79 Å². The highest BCUT2D eigenvalue weighted by Crippen LogP contribution is 2.17. The van der Waals surface area contributed by atoms with Gasteiger partial charge in [0.1, 0.15) is 17.1 Å². The SMILES string of the molecule is COC(=O)C(C)(N)CCCCOc1ccc(C)c(F)c1. The molecule has 5 heteroatoms. The highest BCUT2D eigenvalue weighted by atomic mass is 19.1. The van der Waals surface area contributed by atoms with Crippen LogP contribution in [0.5, 0.6) is 5.75 Å². The number of methoxy groups -OCH3 is 1. The molecule has 1 atom stereocenters. The van der Waals surface area contributed by atoms with Crippen molar-refractivity contribution in [2.45, 2.75) is 38.6 Å². The summed E-state index contributed by atoms with van der Waals surface area (Å²) in [4.78, 5) is 11.4. The smallest absolute Gasteiger partial charge is 0.325 e. The Morgan fingerprint density at radius 1 is 1.40 bits per heavy atom. The zero-order valence-corrected chi connectivity index (χ0v) is 12.2. The first-order valence-electron chi connectivity index (χ1n) is 6.63. The maximum atomic E-state index is 13.3. The van der Waals surface area contributed by atoms with Gasteiger partial charge in [0.2, 0.25) is 0 Å². The molecule has 1 rings (SSSR count). The van der Waals surface area contributed by atoms with Gasteiger partial charge < -0.3 is 15.2 Å². The minimum Gasteiger partial charge on any atom is -0.493 e. The molecule has 1 unspecified atom stereocenters. The number of nitrogens with two attached hydrogens (primary N) is 1. The van der Waals surface area contributed by atoms with Crippen LogP contribution in [-0.4, -0.2) is 25.2 Å². The van der Waals surface area contributed by atoms with Crippen LogP contribution >= 0.6 is 0 Å². The molecule has 0 spiro atoms. The molecule has 0 amide bonds. The summed E-state index contributed by atoms with van der Waals surface area (Å²) in [5.74, 6) is -0.182. The van der Waals surface area contributed by atoms with Crippen LogP contribution in [0.25, 0.3) is 0 Å². The summed E-state index contributed by atoms with van der Waals surface area (Å²) in [6.45, 7) is 3.81. The van der Waals surface area contributed by atoms with E-state index in [0.29, 0.717) is 24.3 Å². The molecule has 0 aliphatic rings. The number of aryl methyl sites for hydroxylation is 1. The van der Waals surface area contributed by atoms with Gasteiger partial charge in [0.25, 0.3) is 0 Å². The molecule has 4 nitrogen and oxygen atoms in total. The number of hydrogen-bond acceptors (Lipinski definition) is 4. The lowest BCUT2D eigenvalue weighted by molar-refractivity contribution is -0.146. The second-order valence-corrected chi connectivity index (χ2v) is 5.13. The summed E-state index contributed by atoms with van der Waals surface area (Å²) < 4.78 is 23.4. The van der Waals surface area contributed by atoms with Crippen molar-refractivity contribution in [1.82, 2.24) is 0 Å². The summed E-state index contributed by atoms with van der Waals surface area (Å²) in [6, 6.07) is 4.79. The van der Waals surface area contributed by atoms with Gasteiger partial charge in [-0.2, -0.15) is 0 Å². The van der Waals surface area contributed by atoms with Crippen LogP contribution in [0.4, 0.5) is 4.39 Å². The van der Waals surface area contributed by atoms with Crippen molar-refractivity contribution in [3.05, 3.63) is 29.6 Å². The Balaban J connectivity index is 2.28. The number of rotatable bonds is 7. The molecule has 2 N–H and O–H groups in total. The molecule has 0 saturated heterocycles. The first kappa shape index (κ1) is 16.4. The molecule has 0 bridgehead atoms. The number of carbonyl (C=O) groups excluding carboxylic acids is 1. The van der Waals surface area contributed by atoms with Crippen molar-refractivity contribution >= 4 is 5.97 Å². The lowest BCUT2D eigenvalue weighted by atomic mass is 9.96. The van der Waals surface area contributed by atoms with E-state index in [0.717, 1.165) is 12.8 Å². The van der Waals surface area contributed by atoms with Gasteiger partial charge in [0.05, 0.1) is 13.7 Å². The maximum absolute atomic E-state index is 13.3. The van der Waals surface area contributed by atoms with E-state index in [1.807, 2.05) is 0 Å². The van der Waals surface area contributed by atoms with Crippen molar-refractivity contribution in [1.29, 1.82) is 0 Å². The monoisotopic (exact) mass is 283 g/mol. The molecule has 0 radical (unpaired) electrons. The first-order chi connectivity index (χ1) is 9.36. The Kier molecular flexibility index (Phi) is 5.95. The van der Waals surface area contributed by atoms with Gasteiger partial charge in [0.15, 0.2) is 0 Å². The second kappa shape index (κ2) is 7.24. The van der Waals surface area contributed by atoms with E-state index in [1.165, 1.54) is 13.2 Å². The predicted octanol–water partition coefficient (Wildman–Crippen LogP) is 2.57. The van der Waals surface area contributed by atoms with Crippen molar-refractivity contribution < 1.29 is 18.7 Å². The van der Waals surface area contributed by atoms with Crippen molar-refractivity contribution in [3.8, 4) is 5.75 Å². The van der Waals surface area contributed by atoms with Crippen LogP contribution in [0.1, 0.15) is 31.7 Å². The number of halogens is 1. The molecule has 1 aromatic rings. The molecular formula is C15H22FNO3. The highest BCUT2D eigenvalue weighted by Gasteiger charge is 2.28. The first-order valence-corrected chi connectivity index (χ1v) is 6.63. The normalized spacial score (nSPS) is 13.7. The highest BCUT2D eigenvalue weighted by molar-refractivity contribution is 5.79. The maximum Gasteiger partial charge on any atom is 0.325 e. The van der Waals surface area contributed by atoms with Gasteiger partial charge in [-0.15, -0.1) is 0 Å². The Bertz CT molecular complexity index is 460. The average molecular weight is 283 g/mol. The third kappa shape index (κ3) is 4.81. The molecule has 1 aromatic carbocycles. The standard InChI is InChI=1S/C15H22FNO3/c1-11-6-7-12(10-13(11)16)20-9-5-4-8-15(2,17)14(18)19-3/h6-7,10H,4-5,8-9,17H2,1-3H3. The summed E-state index contributed by atoms with van der Waals surface area (Å²) in [7, 11) is 1.32. The van der Waals surface area contributed by atoms with Crippen LogP contribution < -0.4 is 10.5 Å². The van der Waals surface area contributed by atoms with E-state index in [9.17, 15) is 9.18 Å². The van der Waals surface area contributed by atoms with Crippen LogP contribution in [0.2, 0.25) is 0 Å². The van der Waals surface area contributed by atoms with Crippen molar-refractivity contribution in [3.63, 3.8) is 0 Å². The summed E-state index contributed by atoms with van der Waals surface area (Å²) in [5, 5.41) is 0. The fourth-order valence-electron chi connectivity index (χ4n) is 1.78. The summed E-state index contributed by atoms with van der Waals surface area (Å²) >= 11 is 0. The number of benzene rings is 1. The predicted molar refractivity (Wildman–Crippen MR) is 75.1 cm³/mol. The summed E-state index contributed by atoms with van der Waals surface area (Å²) in [6.07, 6.45) is 1.99. The van der Waals surface area contributed by atoms with E-state index in [2.05, 4.69) is 4.74 Å². The van der Waals surface area contributed by atoms with Crippen LogP contribution in [0.3, 0.4) is 0 Å². The number of ether oxygens (including phenoxy) is 2. The largest absolute Gasteiger partial charge is 0.493 e. The minimum atomic E-state index is -0.968. The van der Waals surface area contributed by atoms with Crippen LogP contribution in [0, 0.1) is 12.7 Å². The van der Waals surface area contributed by atoms with Crippen LogP contribution in [0.15, 0.2) is 18.2 Å². The minimum absolute atomic E-state index is 0.275. The Morgan fingerprint density at radius 3 is 2.70 bits per heavy atom. The fourth-order valence-corrected chi connectivity index (χ4v) is 1.78. The van der Waals surface area contributed by atoms with Crippen molar-refractivity contribution in [2.75, 3.05) is 13.7 Å². The van der Waals surface area contributed by atoms with E-state index < -0.39 is 11.5 Å². The number of unbranched alkanes of at least 4 members (excludes halogenated alkanes) is 1. The Labute approximate surface area is 119 Å². The number of carbonyl (C=O) groups is 1. The Hall–Kier alpha value is -1.62. The molecule has 0 fully saturated rings. The lowest BCUT2D eigenvalue weighted by Crippen LogP contribution is -2.45. The molecule has 0 aromatic heterocycles. The van der Waals surface area contributed by atoms with Gasteiger partial charge in [-0.25, -0.2) is 4.39 Å². The topological polar surface area (TPSA) is 61.5 Å². The van der Waals surface area contributed by atoms with Gasteiger partial charge in [-0.1, -0.05) is 6.07 Å². The molecular weight excluding hydrogens is 261 g/mol. The third-order valence-electron chi connectivity index (χ3n) is 3.15. The quantitative estimate of drug-likeness (QED) is 0.617. The average Bonchev–Trinajstić information content (AvgIpc) is 2.41. The third-order valence-corrected chi connectivity index (χ3v) is 3.15.